The zero-order valence-corrected chi connectivity index (χ0v) is 8.68. The van der Waals surface area contributed by atoms with Crippen LogP contribution in [0.5, 0.6) is 0 Å². The molecule has 0 saturated carbocycles. The highest BCUT2D eigenvalue weighted by Crippen LogP contribution is 2.17. The minimum absolute atomic E-state index is 0.0421. The van der Waals surface area contributed by atoms with Crippen molar-refractivity contribution in [1.29, 1.82) is 0 Å². The van der Waals surface area contributed by atoms with Crippen molar-refractivity contribution in [2.24, 2.45) is 0 Å². The van der Waals surface area contributed by atoms with E-state index in [2.05, 4.69) is 16.5 Å². The van der Waals surface area contributed by atoms with Crippen molar-refractivity contribution >= 4 is 29.3 Å². The molecule has 1 heterocycles. The monoisotopic (exact) mass is 230 g/mol. The molecule has 0 unspecified atom stereocenters. The maximum Gasteiger partial charge on any atom is 0.356 e. The molecule has 0 aliphatic heterocycles. The molecule has 74 valence electrons. The number of aromatic nitrogens is 2. The van der Waals surface area contributed by atoms with Gasteiger partial charge in [-0.1, -0.05) is 29.4 Å². The molecule has 1 aromatic heterocycles. The van der Waals surface area contributed by atoms with Crippen LogP contribution in [0.1, 0.15) is 10.5 Å². The summed E-state index contributed by atoms with van der Waals surface area (Å²) in [4.78, 5) is 18.3. The van der Waals surface area contributed by atoms with Gasteiger partial charge in [0.15, 0.2) is 10.9 Å². The average molecular weight is 231 g/mol. The summed E-state index contributed by atoms with van der Waals surface area (Å²) in [6, 6.07) is 0. The summed E-state index contributed by atoms with van der Waals surface area (Å²) in [6.07, 6.45) is 2.96. The van der Waals surface area contributed by atoms with Gasteiger partial charge in [0, 0.05) is 5.75 Å². The first-order valence-electron chi connectivity index (χ1n) is 3.64. The van der Waals surface area contributed by atoms with Gasteiger partial charge in [0.2, 0.25) is 0 Å². The Hall–Kier alpha value is -1.07. The molecule has 0 aliphatic rings. The zero-order valence-electron chi connectivity index (χ0n) is 7.11. The third kappa shape index (κ3) is 2.71. The molecular weight excluding hydrogens is 224 g/mol. The fourth-order valence-corrected chi connectivity index (χ4v) is 1.43. The van der Waals surface area contributed by atoms with Gasteiger partial charge in [0.1, 0.15) is 0 Å². The predicted octanol–water partition coefficient (Wildman–Crippen LogP) is 2.11. The van der Waals surface area contributed by atoms with Crippen LogP contribution in [0, 0.1) is 0 Å². The molecule has 1 rings (SSSR count). The van der Waals surface area contributed by atoms with Crippen LogP contribution in [-0.2, 0) is 0 Å². The number of aromatic carboxylic acids is 1. The Labute approximate surface area is 90.0 Å². The van der Waals surface area contributed by atoms with Crippen LogP contribution in [0.15, 0.2) is 24.0 Å². The topological polar surface area (TPSA) is 63.1 Å². The van der Waals surface area contributed by atoms with E-state index < -0.39 is 5.97 Å². The maximum absolute atomic E-state index is 10.6. The summed E-state index contributed by atoms with van der Waals surface area (Å²) in [6.45, 7) is 3.53. The molecule has 0 bridgehead atoms. The van der Waals surface area contributed by atoms with E-state index in [1.807, 2.05) is 0 Å². The Morgan fingerprint density at radius 2 is 2.50 bits per heavy atom. The summed E-state index contributed by atoms with van der Waals surface area (Å²) in [5.74, 6) is -0.529. The number of nitrogens with zero attached hydrogens (tertiary/aromatic N) is 2. The van der Waals surface area contributed by atoms with E-state index in [1.165, 1.54) is 18.0 Å². The lowest BCUT2D eigenvalue weighted by Gasteiger charge is -2.00. The van der Waals surface area contributed by atoms with Crippen molar-refractivity contribution in [1.82, 2.24) is 9.97 Å². The number of rotatable bonds is 4. The third-order valence-electron chi connectivity index (χ3n) is 1.25. The van der Waals surface area contributed by atoms with E-state index in [0.717, 1.165) is 0 Å². The molecule has 0 saturated heterocycles. The fourth-order valence-electron chi connectivity index (χ4n) is 0.704. The van der Waals surface area contributed by atoms with E-state index in [4.69, 9.17) is 16.7 Å². The Bertz CT molecular complexity index is 370. The van der Waals surface area contributed by atoms with Crippen LogP contribution in [-0.4, -0.2) is 26.8 Å². The van der Waals surface area contributed by atoms with E-state index in [-0.39, 0.29) is 10.7 Å². The van der Waals surface area contributed by atoms with Gasteiger partial charge in [-0.05, 0) is 0 Å². The second-order valence-electron chi connectivity index (χ2n) is 2.25. The molecular formula is C8H7ClN2O2S. The normalized spacial score (nSPS) is 9.79. The molecule has 1 aromatic rings. The van der Waals surface area contributed by atoms with Crippen LogP contribution < -0.4 is 0 Å². The molecule has 0 atom stereocenters. The van der Waals surface area contributed by atoms with Gasteiger partial charge in [-0.15, -0.1) is 6.58 Å². The van der Waals surface area contributed by atoms with Gasteiger partial charge in [0.05, 0.1) is 11.2 Å². The summed E-state index contributed by atoms with van der Waals surface area (Å²) >= 11 is 6.89. The summed E-state index contributed by atoms with van der Waals surface area (Å²) in [5.41, 5.74) is -0.173. The van der Waals surface area contributed by atoms with Gasteiger partial charge in [-0.25, -0.2) is 14.8 Å². The summed E-state index contributed by atoms with van der Waals surface area (Å²) < 4.78 is 0. The molecule has 0 radical (unpaired) electrons. The standard InChI is InChI=1S/C8H7ClN2O2S/c1-2-3-14-8-10-4-5(9)6(11-8)7(12)13/h2,4H,1,3H2,(H,12,13). The maximum atomic E-state index is 10.6. The van der Waals surface area contributed by atoms with Crippen molar-refractivity contribution < 1.29 is 9.90 Å². The number of carbonyl (C=O) groups is 1. The first kappa shape index (κ1) is 11.0. The molecule has 4 nitrogen and oxygen atoms in total. The van der Waals surface area contributed by atoms with Crippen molar-refractivity contribution in [3.05, 3.63) is 29.6 Å². The largest absolute Gasteiger partial charge is 0.476 e. The Kier molecular flexibility index (Phi) is 3.91. The van der Waals surface area contributed by atoms with Crippen molar-refractivity contribution in [2.45, 2.75) is 5.16 Å². The van der Waals surface area contributed by atoms with Crippen molar-refractivity contribution in [3.63, 3.8) is 0 Å². The zero-order chi connectivity index (χ0) is 10.6. The number of thioether (sulfide) groups is 1. The smallest absolute Gasteiger partial charge is 0.356 e. The number of carboxylic acids is 1. The lowest BCUT2D eigenvalue weighted by Crippen LogP contribution is -2.03. The highest BCUT2D eigenvalue weighted by Gasteiger charge is 2.12. The lowest BCUT2D eigenvalue weighted by atomic mass is 10.4. The number of hydrogen-bond donors (Lipinski definition) is 1. The fraction of sp³-hybridized carbons (Fsp3) is 0.125. The van der Waals surface area contributed by atoms with Gasteiger partial charge in [-0.3, -0.25) is 0 Å². The molecule has 0 fully saturated rings. The summed E-state index contributed by atoms with van der Waals surface area (Å²) in [7, 11) is 0. The second kappa shape index (κ2) is 4.97. The average Bonchev–Trinajstić information content (AvgIpc) is 2.16. The highest BCUT2D eigenvalue weighted by molar-refractivity contribution is 7.99. The third-order valence-corrected chi connectivity index (χ3v) is 2.39. The SMILES string of the molecule is C=CCSc1ncc(Cl)c(C(=O)O)n1. The molecule has 0 spiro atoms. The molecule has 14 heavy (non-hydrogen) atoms. The van der Waals surface area contributed by atoms with Crippen LogP contribution in [0.25, 0.3) is 0 Å². The number of halogens is 1. The first-order valence-corrected chi connectivity index (χ1v) is 5.01. The predicted molar refractivity (Wildman–Crippen MR) is 54.9 cm³/mol. The Morgan fingerprint density at radius 1 is 1.79 bits per heavy atom. The van der Waals surface area contributed by atoms with Crippen molar-refractivity contribution in [3.8, 4) is 0 Å². The molecule has 6 heteroatoms. The van der Waals surface area contributed by atoms with Crippen LogP contribution >= 0.6 is 23.4 Å². The van der Waals surface area contributed by atoms with Gasteiger partial charge in [-0.2, -0.15) is 0 Å². The Balaban J connectivity index is 2.94. The summed E-state index contributed by atoms with van der Waals surface area (Å²) in [5, 5.41) is 9.13. The van der Waals surface area contributed by atoms with Crippen molar-refractivity contribution in [2.75, 3.05) is 5.75 Å². The van der Waals surface area contributed by atoms with Crippen LogP contribution in [0.4, 0.5) is 0 Å². The molecule has 0 aliphatic carbocycles. The van der Waals surface area contributed by atoms with Crippen LogP contribution in [0.3, 0.4) is 0 Å². The first-order chi connectivity index (χ1) is 6.65. The second-order valence-corrected chi connectivity index (χ2v) is 3.65. The van der Waals surface area contributed by atoms with E-state index in [0.29, 0.717) is 10.9 Å². The van der Waals surface area contributed by atoms with Gasteiger partial charge >= 0.3 is 5.97 Å². The van der Waals surface area contributed by atoms with Gasteiger partial charge < -0.3 is 5.11 Å². The minimum Gasteiger partial charge on any atom is -0.476 e. The number of carboxylic acid groups (broad SMARTS) is 1. The van der Waals surface area contributed by atoms with E-state index >= 15 is 0 Å². The minimum atomic E-state index is -1.15. The van der Waals surface area contributed by atoms with Gasteiger partial charge in [0.25, 0.3) is 0 Å². The molecule has 1 N–H and O–H groups in total. The quantitative estimate of drug-likeness (QED) is 0.488. The van der Waals surface area contributed by atoms with Crippen LogP contribution in [0.2, 0.25) is 5.02 Å². The Morgan fingerprint density at radius 3 is 3.07 bits per heavy atom. The molecule has 0 aromatic carbocycles. The highest BCUT2D eigenvalue weighted by atomic mass is 35.5. The number of hydrogen-bond acceptors (Lipinski definition) is 4. The van der Waals surface area contributed by atoms with E-state index in [1.54, 1.807) is 6.08 Å². The lowest BCUT2D eigenvalue weighted by molar-refractivity contribution is 0.0689. The molecule has 0 amide bonds. The van der Waals surface area contributed by atoms with E-state index in [9.17, 15) is 4.79 Å².